The highest BCUT2D eigenvalue weighted by Gasteiger charge is 2.18. The average molecular weight is 357 g/mol. The van der Waals surface area contributed by atoms with Crippen LogP contribution in [-0.4, -0.2) is 19.8 Å². The minimum Gasteiger partial charge on any atom is -0.496 e. The second-order valence-electron chi connectivity index (χ2n) is 5.08. The normalized spacial score (nSPS) is 12.4. The minimum absolute atomic E-state index is 0.0767. The van der Waals surface area contributed by atoms with Gasteiger partial charge in [0.25, 0.3) is 5.91 Å². The van der Waals surface area contributed by atoms with Crippen molar-refractivity contribution >= 4 is 29.3 Å². The third-order valence-corrected chi connectivity index (χ3v) is 3.74. The van der Waals surface area contributed by atoms with Gasteiger partial charge >= 0.3 is 0 Å². The first kappa shape index (κ1) is 16.7. The van der Waals surface area contributed by atoms with Crippen LogP contribution in [0.25, 0.3) is 6.08 Å². The number of anilines is 1. The van der Waals surface area contributed by atoms with Crippen LogP contribution in [0.3, 0.4) is 0 Å². The summed E-state index contributed by atoms with van der Waals surface area (Å²) in [6.45, 7) is 0.119. The zero-order valence-electron chi connectivity index (χ0n) is 13.2. The Kier molecular flexibility index (Phi) is 4.78. The molecule has 0 saturated heterocycles. The van der Waals surface area contributed by atoms with Gasteiger partial charge in [-0.05, 0) is 36.4 Å². The van der Waals surface area contributed by atoms with Gasteiger partial charge in [0.2, 0.25) is 6.79 Å². The summed E-state index contributed by atoms with van der Waals surface area (Å²) in [7, 11) is 1.49. The maximum absolute atomic E-state index is 12.3. The van der Waals surface area contributed by atoms with Crippen LogP contribution in [0, 0.1) is 11.3 Å². The molecule has 0 atom stereocenters. The molecule has 0 spiro atoms. The van der Waals surface area contributed by atoms with E-state index in [0.29, 0.717) is 33.5 Å². The van der Waals surface area contributed by atoms with Crippen molar-refractivity contribution in [1.29, 1.82) is 5.26 Å². The molecule has 25 heavy (non-hydrogen) atoms. The first-order valence-electron chi connectivity index (χ1n) is 7.27. The summed E-state index contributed by atoms with van der Waals surface area (Å²) < 4.78 is 15.9. The third kappa shape index (κ3) is 3.67. The molecule has 3 rings (SSSR count). The van der Waals surface area contributed by atoms with Crippen LogP contribution in [0.5, 0.6) is 17.2 Å². The standard InChI is InChI=1S/C18H13ClN2O4/c1-23-15-8-17-16(24-10-25-17)7-11(15)6-12(9-20)18(22)21-14-4-2-13(19)3-5-14/h2-8H,10H2,1H3,(H,21,22)/b12-6+. The molecule has 0 aromatic heterocycles. The Labute approximate surface area is 149 Å². The lowest BCUT2D eigenvalue weighted by Crippen LogP contribution is -2.13. The summed E-state index contributed by atoms with van der Waals surface area (Å²) in [5, 5.41) is 12.5. The molecule has 6 nitrogen and oxygen atoms in total. The Morgan fingerprint density at radius 3 is 2.60 bits per heavy atom. The molecule has 1 heterocycles. The van der Waals surface area contributed by atoms with Crippen LogP contribution in [0.15, 0.2) is 42.0 Å². The molecule has 0 unspecified atom stereocenters. The second-order valence-corrected chi connectivity index (χ2v) is 5.51. The third-order valence-electron chi connectivity index (χ3n) is 3.49. The van der Waals surface area contributed by atoms with Gasteiger partial charge in [0.15, 0.2) is 11.5 Å². The van der Waals surface area contributed by atoms with Crippen molar-refractivity contribution in [3.8, 4) is 23.3 Å². The number of amides is 1. The number of hydrogen-bond donors (Lipinski definition) is 1. The quantitative estimate of drug-likeness (QED) is 0.668. The fourth-order valence-corrected chi connectivity index (χ4v) is 2.39. The molecule has 2 aromatic rings. The maximum Gasteiger partial charge on any atom is 0.266 e. The number of hydrogen-bond acceptors (Lipinski definition) is 5. The van der Waals surface area contributed by atoms with E-state index >= 15 is 0 Å². The number of halogens is 1. The zero-order valence-corrected chi connectivity index (χ0v) is 14.0. The predicted molar refractivity (Wildman–Crippen MR) is 92.8 cm³/mol. The number of methoxy groups -OCH3 is 1. The summed E-state index contributed by atoms with van der Waals surface area (Å²) >= 11 is 5.81. The van der Waals surface area contributed by atoms with E-state index in [9.17, 15) is 10.1 Å². The van der Waals surface area contributed by atoms with Crippen LogP contribution >= 0.6 is 11.6 Å². The molecule has 1 N–H and O–H groups in total. The fourth-order valence-electron chi connectivity index (χ4n) is 2.26. The van der Waals surface area contributed by atoms with Crippen molar-refractivity contribution < 1.29 is 19.0 Å². The molecule has 0 saturated carbocycles. The van der Waals surface area contributed by atoms with E-state index in [-0.39, 0.29) is 12.4 Å². The number of carbonyl (C=O) groups is 1. The Balaban J connectivity index is 1.88. The van der Waals surface area contributed by atoms with Crippen LogP contribution in [0.1, 0.15) is 5.56 Å². The van der Waals surface area contributed by atoms with Gasteiger partial charge in [-0.1, -0.05) is 11.6 Å². The summed E-state index contributed by atoms with van der Waals surface area (Å²) in [4.78, 5) is 12.3. The number of rotatable bonds is 4. The molecule has 1 amide bonds. The van der Waals surface area contributed by atoms with E-state index in [2.05, 4.69) is 5.32 Å². The molecule has 0 fully saturated rings. The lowest BCUT2D eigenvalue weighted by Gasteiger charge is -2.08. The largest absolute Gasteiger partial charge is 0.496 e. The van der Waals surface area contributed by atoms with Crippen molar-refractivity contribution in [2.24, 2.45) is 0 Å². The zero-order chi connectivity index (χ0) is 17.8. The summed E-state index contributed by atoms with van der Waals surface area (Å²) in [5.74, 6) is 1.02. The minimum atomic E-state index is -0.537. The van der Waals surface area contributed by atoms with Crippen molar-refractivity contribution in [3.05, 3.63) is 52.6 Å². The number of nitrogens with one attached hydrogen (secondary N) is 1. The van der Waals surface area contributed by atoms with Crippen LogP contribution in [-0.2, 0) is 4.79 Å². The Bertz CT molecular complexity index is 885. The van der Waals surface area contributed by atoms with Gasteiger partial charge in [-0.2, -0.15) is 5.26 Å². The number of fused-ring (bicyclic) bond motifs is 1. The summed E-state index contributed by atoms with van der Waals surface area (Å²) in [6, 6.07) is 11.8. The van der Waals surface area contributed by atoms with Crippen LogP contribution < -0.4 is 19.5 Å². The Morgan fingerprint density at radius 2 is 1.96 bits per heavy atom. The number of nitrogens with zero attached hydrogens (tertiary/aromatic N) is 1. The van der Waals surface area contributed by atoms with Crippen molar-refractivity contribution in [2.45, 2.75) is 0 Å². The highest BCUT2D eigenvalue weighted by atomic mass is 35.5. The SMILES string of the molecule is COc1cc2c(cc1/C=C(\C#N)C(=O)Nc1ccc(Cl)cc1)OCO2. The molecule has 2 aromatic carbocycles. The van der Waals surface area contributed by atoms with E-state index in [0.717, 1.165) is 0 Å². The van der Waals surface area contributed by atoms with Crippen molar-refractivity contribution in [3.63, 3.8) is 0 Å². The molecular formula is C18H13ClN2O4. The van der Waals surface area contributed by atoms with Crippen LogP contribution in [0.2, 0.25) is 5.02 Å². The van der Waals surface area contributed by atoms with Crippen molar-refractivity contribution in [1.82, 2.24) is 0 Å². The Morgan fingerprint density at radius 1 is 1.28 bits per heavy atom. The van der Waals surface area contributed by atoms with Gasteiger partial charge in [0, 0.05) is 22.3 Å². The smallest absolute Gasteiger partial charge is 0.266 e. The van der Waals surface area contributed by atoms with E-state index in [4.69, 9.17) is 25.8 Å². The second kappa shape index (κ2) is 7.16. The molecule has 0 aliphatic carbocycles. The predicted octanol–water partition coefficient (Wildman–Crippen LogP) is 3.62. The van der Waals surface area contributed by atoms with Gasteiger partial charge in [-0.25, -0.2) is 0 Å². The molecule has 7 heteroatoms. The average Bonchev–Trinajstić information content (AvgIpc) is 3.07. The topological polar surface area (TPSA) is 80.6 Å². The summed E-state index contributed by atoms with van der Waals surface area (Å²) in [6.07, 6.45) is 1.44. The molecule has 126 valence electrons. The molecular weight excluding hydrogens is 344 g/mol. The van der Waals surface area contributed by atoms with E-state index in [1.807, 2.05) is 6.07 Å². The van der Waals surface area contributed by atoms with Gasteiger partial charge in [-0.15, -0.1) is 0 Å². The fraction of sp³-hybridized carbons (Fsp3) is 0.111. The van der Waals surface area contributed by atoms with Gasteiger partial charge in [0.1, 0.15) is 17.4 Å². The van der Waals surface area contributed by atoms with E-state index < -0.39 is 5.91 Å². The highest BCUT2D eigenvalue weighted by molar-refractivity contribution is 6.30. The first-order valence-corrected chi connectivity index (χ1v) is 7.65. The maximum atomic E-state index is 12.3. The summed E-state index contributed by atoms with van der Waals surface area (Å²) in [5.41, 5.74) is 0.995. The van der Waals surface area contributed by atoms with E-state index in [1.165, 1.54) is 13.2 Å². The van der Waals surface area contributed by atoms with Crippen LogP contribution in [0.4, 0.5) is 5.69 Å². The highest BCUT2D eigenvalue weighted by Crippen LogP contribution is 2.38. The van der Waals surface area contributed by atoms with Gasteiger partial charge < -0.3 is 19.5 Å². The lowest BCUT2D eigenvalue weighted by molar-refractivity contribution is -0.112. The van der Waals surface area contributed by atoms with Gasteiger partial charge in [-0.3, -0.25) is 4.79 Å². The number of benzene rings is 2. The van der Waals surface area contributed by atoms with Crippen molar-refractivity contribution in [2.75, 3.05) is 19.2 Å². The monoisotopic (exact) mass is 356 g/mol. The molecule has 0 bridgehead atoms. The number of ether oxygens (including phenoxy) is 3. The van der Waals surface area contributed by atoms with E-state index in [1.54, 1.807) is 36.4 Å². The lowest BCUT2D eigenvalue weighted by atomic mass is 10.1. The molecule has 0 radical (unpaired) electrons. The first-order chi connectivity index (χ1) is 12.1. The number of carbonyl (C=O) groups excluding carboxylic acids is 1. The molecule has 1 aliphatic rings. The number of nitriles is 1. The Hall–Kier alpha value is -3.17. The van der Waals surface area contributed by atoms with Gasteiger partial charge in [0.05, 0.1) is 7.11 Å². The molecule has 1 aliphatic heterocycles.